The second-order valence-corrected chi connectivity index (χ2v) is 11.4. The number of hydrogen-bond acceptors (Lipinski definition) is 7. The molecule has 184 valence electrons. The minimum atomic E-state index is -0.297. The zero-order valence-corrected chi connectivity index (χ0v) is 23.2. The van der Waals surface area contributed by atoms with Gasteiger partial charge in [0, 0.05) is 15.9 Å². The molecule has 2 aromatic heterocycles. The molecule has 1 aliphatic carbocycles. The van der Waals surface area contributed by atoms with Crippen molar-refractivity contribution >= 4 is 49.9 Å². The van der Waals surface area contributed by atoms with E-state index in [1.54, 1.807) is 11.3 Å². The molecule has 0 spiro atoms. The van der Waals surface area contributed by atoms with Crippen LogP contribution >= 0.6 is 39.0 Å². The Morgan fingerprint density at radius 3 is 2.83 bits per heavy atom. The van der Waals surface area contributed by atoms with Crippen LogP contribution < -0.4 is 10.1 Å². The molecule has 2 unspecified atom stereocenters. The third-order valence-corrected chi connectivity index (χ3v) is 8.86. The Morgan fingerprint density at radius 2 is 2.14 bits per heavy atom. The predicted molar refractivity (Wildman–Crippen MR) is 143 cm³/mol. The number of amides is 1. The van der Waals surface area contributed by atoms with Gasteiger partial charge in [0.05, 0.1) is 11.3 Å². The van der Waals surface area contributed by atoms with Gasteiger partial charge in [0.1, 0.15) is 16.8 Å². The van der Waals surface area contributed by atoms with Crippen molar-refractivity contribution in [3.8, 4) is 11.8 Å². The van der Waals surface area contributed by atoms with E-state index >= 15 is 0 Å². The van der Waals surface area contributed by atoms with Gasteiger partial charge in [-0.05, 0) is 68.9 Å². The third kappa shape index (κ3) is 5.90. The second kappa shape index (κ2) is 11.6. The largest absolute Gasteiger partial charge is 0.483 e. The van der Waals surface area contributed by atoms with E-state index in [1.165, 1.54) is 16.6 Å². The Balaban J connectivity index is 1.40. The number of benzene rings is 1. The maximum absolute atomic E-state index is 12.8. The maximum Gasteiger partial charge on any atom is 0.235 e. The number of anilines is 1. The minimum Gasteiger partial charge on any atom is -0.483 e. The van der Waals surface area contributed by atoms with Crippen LogP contribution in [0.2, 0.25) is 0 Å². The highest BCUT2D eigenvalue weighted by molar-refractivity contribution is 9.10. The van der Waals surface area contributed by atoms with Crippen LogP contribution in [0, 0.1) is 17.2 Å². The van der Waals surface area contributed by atoms with E-state index in [2.05, 4.69) is 44.4 Å². The average Bonchev–Trinajstić information content (AvgIpc) is 3.43. The van der Waals surface area contributed by atoms with Crippen LogP contribution in [0.5, 0.6) is 5.75 Å². The van der Waals surface area contributed by atoms with Crippen LogP contribution in [0.25, 0.3) is 0 Å². The van der Waals surface area contributed by atoms with Gasteiger partial charge in [-0.25, -0.2) is 0 Å². The minimum absolute atomic E-state index is 0.150. The molecule has 0 radical (unpaired) electrons. The summed E-state index contributed by atoms with van der Waals surface area (Å²) in [5, 5.41) is 22.7. The van der Waals surface area contributed by atoms with Gasteiger partial charge in [-0.15, -0.1) is 21.5 Å². The quantitative estimate of drug-likeness (QED) is 0.298. The van der Waals surface area contributed by atoms with E-state index < -0.39 is 0 Å². The number of thioether (sulfide) groups is 1. The van der Waals surface area contributed by atoms with Crippen molar-refractivity contribution in [3.63, 3.8) is 0 Å². The van der Waals surface area contributed by atoms with Crippen molar-refractivity contribution in [3.05, 3.63) is 50.6 Å². The van der Waals surface area contributed by atoms with E-state index in [9.17, 15) is 10.1 Å². The van der Waals surface area contributed by atoms with Crippen LogP contribution in [0.1, 0.15) is 61.5 Å². The zero-order valence-electron chi connectivity index (χ0n) is 20.0. The van der Waals surface area contributed by atoms with Gasteiger partial charge in [-0.1, -0.05) is 41.0 Å². The van der Waals surface area contributed by atoms with Gasteiger partial charge in [0.15, 0.2) is 17.1 Å². The first-order chi connectivity index (χ1) is 16.9. The van der Waals surface area contributed by atoms with Crippen LogP contribution in [0.4, 0.5) is 5.00 Å². The van der Waals surface area contributed by atoms with E-state index in [4.69, 9.17) is 4.74 Å². The molecule has 0 saturated heterocycles. The first-order valence-corrected chi connectivity index (χ1v) is 14.4. The van der Waals surface area contributed by atoms with Gasteiger partial charge in [0.25, 0.3) is 0 Å². The predicted octanol–water partition coefficient (Wildman–Crippen LogP) is 6.38. The molecule has 3 aromatic rings. The Morgan fingerprint density at radius 1 is 1.37 bits per heavy atom. The monoisotopic (exact) mass is 573 g/mol. The average molecular weight is 575 g/mol. The highest BCUT2D eigenvalue weighted by Gasteiger charge is 2.26. The lowest BCUT2D eigenvalue weighted by Crippen LogP contribution is -2.15. The maximum atomic E-state index is 12.8. The van der Waals surface area contributed by atoms with Crippen molar-refractivity contribution in [2.45, 2.75) is 64.3 Å². The second-order valence-electron chi connectivity index (χ2n) is 8.47. The number of aromatic nitrogens is 3. The number of fused-ring (bicyclic) bond motifs is 1. The summed E-state index contributed by atoms with van der Waals surface area (Å²) in [5.74, 6) is 2.16. The van der Waals surface area contributed by atoms with Crippen molar-refractivity contribution in [1.82, 2.24) is 14.8 Å². The molecule has 0 bridgehead atoms. The van der Waals surface area contributed by atoms with Crippen LogP contribution in [0.15, 0.2) is 33.9 Å². The van der Waals surface area contributed by atoms with E-state index in [0.717, 1.165) is 41.5 Å². The fourth-order valence-electron chi connectivity index (χ4n) is 4.28. The third-order valence-electron chi connectivity index (χ3n) is 6.19. The Labute approximate surface area is 222 Å². The number of carbonyl (C=O) groups excluding carboxylic acids is 1. The lowest BCUT2D eigenvalue weighted by molar-refractivity contribution is -0.113. The van der Waals surface area contributed by atoms with Gasteiger partial charge in [-0.3, -0.25) is 4.79 Å². The molecule has 4 rings (SSSR count). The first kappa shape index (κ1) is 25.7. The molecule has 1 aromatic carbocycles. The lowest BCUT2D eigenvalue weighted by Gasteiger charge is -2.20. The number of ether oxygens (including phenoxy) is 1. The van der Waals surface area contributed by atoms with Crippen LogP contribution in [0.3, 0.4) is 0 Å². The lowest BCUT2D eigenvalue weighted by atomic mass is 9.86. The molecule has 10 heteroatoms. The SMILES string of the molecule is CCC1CCc2c(sc(NC(=O)CSc3nnc(C(C)Oc4ccc(Br)cc4)n3CC)c2C#N)C1. The summed E-state index contributed by atoms with van der Waals surface area (Å²) >= 11 is 6.32. The van der Waals surface area contributed by atoms with Crippen LogP contribution in [-0.2, 0) is 24.2 Å². The molecule has 0 saturated carbocycles. The highest BCUT2D eigenvalue weighted by atomic mass is 79.9. The number of thiophene rings is 1. The normalized spacial score (nSPS) is 15.8. The molecule has 1 aliphatic rings. The summed E-state index contributed by atoms with van der Waals surface area (Å²) in [6.07, 6.45) is 3.87. The Bertz CT molecular complexity index is 1230. The fourth-order valence-corrected chi connectivity index (χ4v) is 6.68. The number of nitrogens with one attached hydrogen (secondary N) is 1. The first-order valence-electron chi connectivity index (χ1n) is 11.8. The molecular weight excluding hydrogens is 546 g/mol. The van der Waals surface area contributed by atoms with E-state index in [-0.39, 0.29) is 17.8 Å². The molecule has 2 heterocycles. The molecule has 1 amide bonds. The van der Waals surface area contributed by atoms with Crippen molar-refractivity contribution < 1.29 is 9.53 Å². The summed E-state index contributed by atoms with van der Waals surface area (Å²) < 4.78 is 8.99. The fraction of sp³-hybridized carbons (Fsp3) is 0.440. The van der Waals surface area contributed by atoms with E-state index in [0.29, 0.717) is 34.0 Å². The summed E-state index contributed by atoms with van der Waals surface area (Å²) in [5.41, 5.74) is 1.76. The van der Waals surface area contributed by atoms with Gasteiger partial charge >= 0.3 is 0 Å². The summed E-state index contributed by atoms with van der Waals surface area (Å²) in [6.45, 7) is 6.82. The van der Waals surface area contributed by atoms with E-state index in [1.807, 2.05) is 42.7 Å². The Hall–Kier alpha value is -2.35. The summed E-state index contributed by atoms with van der Waals surface area (Å²) in [7, 11) is 0. The van der Waals surface area contributed by atoms with Crippen molar-refractivity contribution in [2.75, 3.05) is 11.1 Å². The molecule has 2 atom stereocenters. The molecular formula is C25H28BrN5O2S2. The molecule has 1 N–H and O–H groups in total. The standard InChI is InChI=1S/C25H28BrN5O2S2/c1-4-16-6-11-19-20(13-27)24(35-21(19)12-16)28-22(32)14-34-25-30-29-23(31(25)5-2)15(3)33-18-9-7-17(26)8-10-18/h7-10,15-16H,4-6,11-12,14H2,1-3H3,(H,28,32). The molecule has 35 heavy (non-hydrogen) atoms. The van der Waals surface area contributed by atoms with Gasteiger partial charge in [-0.2, -0.15) is 5.26 Å². The summed E-state index contributed by atoms with van der Waals surface area (Å²) in [6, 6.07) is 9.97. The summed E-state index contributed by atoms with van der Waals surface area (Å²) in [4.78, 5) is 14.0. The number of nitrogens with zero attached hydrogens (tertiary/aromatic N) is 4. The van der Waals surface area contributed by atoms with Crippen LogP contribution in [-0.4, -0.2) is 26.4 Å². The number of carbonyl (C=O) groups is 1. The molecule has 7 nitrogen and oxygen atoms in total. The number of hydrogen-bond donors (Lipinski definition) is 1. The molecule has 0 aliphatic heterocycles. The smallest absolute Gasteiger partial charge is 0.235 e. The number of halogens is 1. The Kier molecular flexibility index (Phi) is 8.52. The van der Waals surface area contributed by atoms with Crippen molar-refractivity contribution in [2.24, 2.45) is 5.92 Å². The number of nitriles is 1. The molecule has 0 fully saturated rings. The van der Waals surface area contributed by atoms with Gasteiger partial charge < -0.3 is 14.6 Å². The van der Waals surface area contributed by atoms with Crippen molar-refractivity contribution in [1.29, 1.82) is 5.26 Å². The topological polar surface area (TPSA) is 92.8 Å². The zero-order chi connectivity index (χ0) is 24.9. The highest BCUT2D eigenvalue weighted by Crippen LogP contribution is 2.40. The number of rotatable bonds is 9. The van der Waals surface area contributed by atoms with Gasteiger partial charge in [0.2, 0.25) is 5.91 Å².